The molecule has 0 aliphatic carbocycles. The molecule has 0 atom stereocenters. The Bertz CT molecular complexity index is 652. The average molecular weight is 333 g/mol. The van der Waals surface area contributed by atoms with Crippen LogP contribution in [0.2, 0.25) is 5.02 Å². The SMILES string of the molecule is C=C(C(=CC)S(=O)(=O)SNC(N)=O)c1ccc(Cl)cc1. The first-order valence-corrected chi connectivity index (χ1v) is 8.58. The minimum atomic E-state index is -3.79. The Morgan fingerprint density at radius 2 is 1.95 bits per heavy atom. The number of allylic oxidation sites excluding steroid dienone is 2. The Balaban J connectivity index is 3.05. The highest BCUT2D eigenvalue weighted by molar-refractivity contribution is 8.72. The molecule has 20 heavy (non-hydrogen) atoms. The fraction of sp³-hybridized carbons (Fsp3) is 0.0833. The largest absolute Gasteiger partial charge is 0.351 e. The van der Waals surface area contributed by atoms with Gasteiger partial charge >= 0.3 is 6.03 Å². The molecule has 0 spiro atoms. The summed E-state index contributed by atoms with van der Waals surface area (Å²) in [4.78, 5) is 10.6. The van der Waals surface area contributed by atoms with E-state index in [2.05, 4.69) is 6.58 Å². The van der Waals surface area contributed by atoms with Gasteiger partial charge in [0.1, 0.15) is 0 Å². The van der Waals surface area contributed by atoms with Crippen LogP contribution in [0.15, 0.2) is 41.8 Å². The predicted molar refractivity (Wildman–Crippen MR) is 83.5 cm³/mol. The van der Waals surface area contributed by atoms with Gasteiger partial charge in [0, 0.05) is 5.02 Å². The van der Waals surface area contributed by atoms with Crippen molar-refractivity contribution in [3.8, 4) is 0 Å². The molecule has 5 nitrogen and oxygen atoms in total. The number of rotatable bonds is 5. The predicted octanol–water partition coefficient (Wildman–Crippen LogP) is 2.90. The molecule has 3 N–H and O–H groups in total. The number of urea groups is 1. The number of benzene rings is 1. The molecule has 108 valence electrons. The summed E-state index contributed by atoms with van der Waals surface area (Å²) < 4.78 is 26.2. The van der Waals surface area contributed by atoms with E-state index < -0.39 is 14.9 Å². The quantitative estimate of drug-likeness (QED) is 0.493. The Morgan fingerprint density at radius 1 is 1.40 bits per heavy atom. The van der Waals surface area contributed by atoms with Crippen molar-refractivity contribution in [2.24, 2.45) is 5.73 Å². The van der Waals surface area contributed by atoms with Gasteiger partial charge in [-0.05, 0) is 30.2 Å². The Kier molecular flexibility index (Phi) is 5.67. The fourth-order valence-corrected chi connectivity index (χ4v) is 3.95. The highest BCUT2D eigenvalue weighted by atomic mass is 35.5. The maximum absolute atomic E-state index is 12.1. The Hall–Kier alpha value is -1.44. The molecule has 1 aromatic carbocycles. The van der Waals surface area contributed by atoms with Crippen molar-refractivity contribution in [2.45, 2.75) is 6.92 Å². The van der Waals surface area contributed by atoms with Crippen molar-refractivity contribution < 1.29 is 13.2 Å². The van der Waals surface area contributed by atoms with Gasteiger partial charge in [0.05, 0.1) is 15.9 Å². The summed E-state index contributed by atoms with van der Waals surface area (Å²) >= 11 is 5.78. The van der Waals surface area contributed by atoms with Crippen molar-refractivity contribution in [1.29, 1.82) is 0 Å². The molecule has 0 aliphatic heterocycles. The molecule has 1 rings (SSSR count). The lowest BCUT2D eigenvalue weighted by Gasteiger charge is -2.11. The van der Waals surface area contributed by atoms with E-state index >= 15 is 0 Å². The zero-order chi connectivity index (χ0) is 15.3. The van der Waals surface area contributed by atoms with Crippen LogP contribution in [-0.2, 0) is 8.87 Å². The van der Waals surface area contributed by atoms with E-state index in [1.807, 2.05) is 4.72 Å². The van der Waals surface area contributed by atoms with Gasteiger partial charge in [-0.3, -0.25) is 4.72 Å². The second-order valence-electron chi connectivity index (χ2n) is 3.64. The van der Waals surface area contributed by atoms with E-state index in [0.29, 0.717) is 16.2 Å². The fourth-order valence-electron chi connectivity index (χ4n) is 1.40. The number of hydrogen-bond acceptors (Lipinski definition) is 4. The molecule has 0 saturated heterocycles. The van der Waals surface area contributed by atoms with Crippen LogP contribution in [0.5, 0.6) is 0 Å². The third-order valence-electron chi connectivity index (χ3n) is 2.27. The first-order valence-electron chi connectivity index (χ1n) is 5.38. The Morgan fingerprint density at radius 3 is 2.40 bits per heavy atom. The molecule has 0 heterocycles. The summed E-state index contributed by atoms with van der Waals surface area (Å²) in [6.45, 7) is 5.34. The molecule has 1 aromatic rings. The molecular formula is C12H13ClN2O3S2. The molecule has 0 bridgehead atoms. The van der Waals surface area contributed by atoms with E-state index in [4.69, 9.17) is 17.3 Å². The van der Waals surface area contributed by atoms with E-state index in [1.165, 1.54) is 6.08 Å². The standard InChI is InChI=1S/C12H13ClN2O3S2/c1-3-11(20(17,18)19-15-12(14)16)8(2)9-4-6-10(13)7-5-9/h3-7H,2H2,1H3,(H3,14,15,16). The molecule has 2 amide bonds. The minimum Gasteiger partial charge on any atom is -0.351 e. The second-order valence-corrected chi connectivity index (χ2v) is 7.61. The maximum atomic E-state index is 12.1. The van der Waals surface area contributed by atoms with E-state index in [9.17, 15) is 13.2 Å². The van der Waals surface area contributed by atoms with Crippen LogP contribution in [0.25, 0.3) is 5.57 Å². The number of carbonyl (C=O) groups is 1. The lowest BCUT2D eigenvalue weighted by molar-refractivity contribution is 0.254. The summed E-state index contributed by atoms with van der Waals surface area (Å²) in [6, 6.07) is 5.66. The van der Waals surface area contributed by atoms with Crippen LogP contribution >= 0.6 is 22.6 Å². The van der Waals surface area contributed by atoms with Crippen molar-refractivity contribution >= 4 is 43.1 Å². The van der Waals surface area contributed by atoms with Gasteiger partial charge in [-0.2, -0.15) is 0 Å². The van der Waals surface area contributed by atoms with Crippen LogP contribution in [-0.4, -0.2) is 14.4 Å². The number of nitrogens with one attached hydrogen (secondary N) is 1. The summed E-state index contributed by atoms with van der Waals surface area (Å²) in [5.74, 6) is 0. The van der Waals surface area contributed by atoms with Gasteiger partial charge in [0.2, 0.25) is 8.87 Å². The molecule has 0 saturated carbocycles. The third kappa shape index (κ3) is 4.29. The van der Waals surface area contributed by atoms with Crippen LogP contribution in [0, 0.1) is 0 Å². The number of primary amides is 1. The smallest absolute Gasteiger partial charge is 0.322 e. The van der Waals surface area contributed by atoms with E-state index in [0.717, 1.165) is 0 Å². The van der Waals surface area contributed by atoms with Gasteiger partial charge in [-0.15, -0.1) is 0 Å². The van der Waals surface area contributed by atoms with Crippen LogP contribution in [0.3, 0.4) is 0 Å². The van der Waals surface area contributed by atoms with E-state index in [1.54, 1.807) is 31.2 Å². The summed E-state index contributed by atoms with van der Waals surface area (Å²) in [7, 11) is -3.55. The maximum Gasteiger partial charge on any atom is 0.322 e. The molecule has 0 fully saturated rings. The first kappa shape index (κ1) is 16.6. The molecular weight excluding hydrogens is 320 g/mol. The number of nitrogens with two attached hydrogens (primary N) is 1. The van der Waals surface area contributed by atoms with Crippen molar-refractivity contribution in [3.63, 3.8) is 0 Å². The van der Waals surface area contributed by atoms with Crippen molar-refractivity contribution in [1.82, 2.24) is 4.72 Å². The summed E-state index contributed by atoms with van der Waals surface area (Å²) in [6.07, 6.45) is 1.40. The van der Waals surface area contributed by atoms with Gasteiger partial charge in [0.15, 0.2) is 0 Å². The second kappa shape index (κ2) is 6.83. The first-order chi connectivity index (χ1) is 9.27. The van der Waals surface area contributed by atoms with E-state index in [-0.39, 0.29) is 15.9 Å². The lowest BCUT2D eigenvalue weighted by atomic mass is 10.1. The average Bonchev–Trinajstić information content (AvgIpc) is 2.37. The normalized spacial score (nSPS) is 12.0. The van der Waals surface area contributed by atoms with Gasteiger partial charge < -0.3 is 5.73 Å². The number of halogens is 1. The highest BCUT2D eigenvalue weighted by Gasteiger charge is 2.22. The monoisotopic (exact) mass is 332 g/mol. The van der Waals surface area contributed by atoms with Crippen LogP contribution in [0.1, 0.15) is 12.5 Å². The summed E-state index contributed by atoms with van der Waals surface area (Å²) in [5, 5.41) is 0.538. The zero-order valence-corrected chi connectivity index (χ0v) is 13.0. The van der Waals surface area contributed by atoms with Gasteiger partial charge in [0.25, 0.3) is 0 Å². The molecule has 0 aliphatic rings. The van der Waals surface area contributed by atoms with Crippen molar-refractivity contribution in [2.75, 3.05) is 0 Å². The topological polar surface area (TPSA) is 89.3 Å². The number of hydrogen-bond donors (Lipinski definition) is 2. The van der Waals surface area contributed by atoms with Crippen LogP contribution in [0.4, 0.5) is 4.79 Å². The molecule has 0 unspecified atom stereocenters. The Labute approximate surface area is 126 Å². The molecule has 8 heteroatoms. The van der Waals surface area contributed by atoms with Crippen molar-refractivity contribution in [3.05, 3.63) is 52.4 Å². The van der Waals surface area contributed by atoms with Gasteiger partial charge in [-0.25, -0.2) is 13.2 Å². The van der Waals surface area contributed by atoms with Gasteiger partial charge in [-0.1, -0.05) is 36.4 Å². The number of amides is 2. The van der Waals surface area contributed by atoms with Crippen LogP contribution < -0.4 is 10.5 Å². The molecule has 0 radical (unpaired) electrons. The number of carbonyl (C=O) groups excluding carboxylic acids is 1. The zero-order valence-electron chi connectivity index (χ0n) is 10.6. The summed E-state index contributed by atoms with van der Waals surface area (Å²) in [5.41, 5.74) is 5.78. The highest BCUT2D eigenvalue weighted by Crippen LogP contribution is 2.31. The lowest BCUT2D eigenvalue weighted by Crippen LogP contribution is -2.25. The third-order valence-corrected chi connectivity index (χ3v) is 5.50. The molecule has 0 aromatic heterocycles. The minimum absolute atomic E-state index is 0.00132.